The van der Waals surface area contributed by atoms with Gasteiger partial charge in [-0.05, 0) is 79.9 Å². The van der Waals surface area contributed by atoms with E-state index in [-0.39, 0.29) is 27.6 Å². The van der Waals surface area contributed by atoms with Crippen molar-refractivity contribution in [1.82, 2.24) is 15.2 Å². The molecular formula is C37H46Cl2N4O5SSi. The number of nitrogens with zero attached hydrogens (tertiary/aromatic N) is 4. The van der Waals surface area contributed by atoms with Crippen LogP contribution in [0.25, 0.3) is 0 Å². The lowest BCUT2D eigenvalue weighted by atomic mass is 10.1. The molecule has 2 heterocycles. The van der Waals surface area contributed by atoms with Crippen molar-refractivity contribution in [3.05, 3.63) is 92.7 Å². The summed E-state index contributed by atoms with van der Waals surface area (Å²) in [5.41, 5.74) is 0.920. The second-order valence-corrected chi connectivity index (χ2v) is 20.1. The molecule has 0 unspecified atom stereocenters. The highest BCUT2D eigenvalue weighted by Crippen LogP contribution is 2.37. The summed E-state index contributed by atoms with van der Waals surface area (Å²) >= 11 is 13.8. The predicted octanol–water partition coefficient (Wildman–Crippen LogP) is 8.22. The molecule has 0 atom stereocenters. The maximum Gasteiger partial charge on any atom is 0.416 e. The van der Waals surface area contributed by atoms with E-state index in [1.807, 2.05) is 19.1 Å². The Morgan fingerprint density at radius 1 is 0.860 bits per heavy atom. The molecule has 0 bridgehead atoms. The zero-order valence-corrected chi connectivity index (χ0v) is 33.3. The minimum atomic E-state index is -2.73. The molecule has 0 saturated carbocycles. The molecular weight excluding hydrogens is 711 g/mol. The van der Waals surface area contributed by atoms with Crippen LogP contribution in [0.4, 0.5) is 9.93 Å². The summed E-state index contributed by atoms with van der Waals surface area (Å²) in [6.45, 7) is 14.7. The molecule has 0 radical (unpaired) electrons. The van der Waals surface area contributed by atoms with E-state index in [9.17, 15) is 9.59 Å². The number of esters is 1. The molecule has 4 aromatic rings. The monoisotopic (exact) mass is 756 g/mol. The van der Waals surface area contributed by atoms with Crippen molar-refractivity contribution in [3.63, 3.8) is 0 Å². The van der Waals surface area contributed by atoms with Crippen molar-refractivity contribution in [2.24, 2.45) is 0 Å². The predicted molar refractivity (Wildman–Crippen MR) is 204 cm³/mol. The number of ether oxygens (including phenoxy) is 2. The Bertz CT molecular complexity index is 1720. The highest BCUT2D eigenvalue weighted by atomic mass is 35.5. The van der Waals surface area contributed by atoms with E-state index in [0.29, 0.717) is 42.3 Å². The first kappa shape index (κ1) is 39.4. The molecule has 2 aromatic carbocycles. The maximum absolute atomic E-state index is 13.6. The molecule has 268 valence electrons. The summed E-state index contributed by atoms with van der Waals surface area (Å²) in [6.07, 6.45) is 1.53. The number of carbonyl (C=O) groups excluding carboxylic acids is 2. The Hall–Kier alpha value is -3.35. The van der Waals surface area contributed by atoms with Crippen molar-refractivity contribution in [2.75, 3.05) is 25.2 Å². The Morgan fingerprint density at radius 3 is 1.98 bits per heavy atom. The zero-order chi connectivity index (χ0) is 36.7. The minimum absolute atomic E-state index is 0.168. The number of hydrogen-bond acceptors (Lipinski definition) is 9. The molecule has 9 nitrogen and oxygen atoms in total. The molecule has 13 heteroatoms. The molecule has 4 rings (SSSR count). The average molecular weight is 758 g/mol. The standard InChI is InChI=1S/C37H46Cl2N4O5SSi/c1-25-28(32(39)42-41-31(25)38)21-15-23-43(35(45)48-36(2,3)4)34-40-30(33(44)46-8)29(49-34)22-16-24-47-50(37(5,6)7,26-17-11-9-12-18-26)27-19-13-10-14-20-27/h9-14,17-20H,15-16,21-24H2,1-8H3. The second kappa shape index (κ2) is 16.8. The lowest BCUT2D eigenvalue weighted by Crippen LogP contribution is -2.66. The average Bonchev–Trinajstić information content (AvgIpc) is 3.49. The fraction of sp³-hybridized carbons (Fsp3) is 0.432. The number of aryl methyl sites for hydroxylation is 1. The van der Waals surface area contributed by atoms with Crippen LogP contribution in [0.1, 0.15) is 80.9 Å². The van der Waals surface area contributed by atoms with E-state index >= 15 is 0 Å². The molecule has 0 fully saturated rings. The van der Waals surface area contributed by atoms with Crippen LogP contribution in [-0.4, -0.2) is 61.4 Å². The van der Waals surface area contributed by atoms with E-state index in [4.69, 9.17) is 37.1 Å². The number of anilines is 1. The highest BCUT2D eigenvalue weighted by molar-refractivity contribution is 7.16. The van der Waals surface area contributed by atoms with Crippen molar-refractivity contribution in [1.29, 1.82) is 0 Å². The van der Waals surface area contributed by atoms with Gasteiger partial charge >= 0.3 is 12.1 Å². The van der Waals surface area contributed by atoms with E-state index in [0.717, 1.165) is 11.1 Å². The molecule has 0 aliphatic rings. The van der Waals surface area contributed by atoms with Crippen molar-refractivity contribution >= 4 is 70.4 Å². The normalized spacial score (nSPS) is 12.1. The van der Waals surface area contributed by atoms with Crippen molar-refractivity contribution < 1.29 is 23.5 Å². The third-order valence-corrected chi connectivity index (χ3v) is 15.1. The molecule has 0 saturated heterocycles. The van der Waals surface area contributed by atoms with E-state index in [2.05, 4.69) is 84.5 Å². The van der Waals surface area contributed by atoms with Crippen LogP contribution in [0, 0.1) is 6.92 Å². The van der Waals surface area contributed by atoms with E-state index in [1.165, 1.54) is 33.7 Å². The van der Waals surface area contributed by atoms with Gasteiger partial charge in [0.1, 0.15) is 5.60 Å². The lowest BCUT2D eigenvalue weighted by molar-refractivity contribution is 0.0569. The molecule has 0 aliphatic heterocycles. The lowest BCUT2D eigenvalue weighted by Gasteiger charge is -2.43. The molecule has 0 spiro atoms. The number of methoxy groups -OCH3 is 1. The maximum atomic E-state index is 13.6. The van der Waals surface area contributed by atoms with Crippen LogP contribution in [0.15, 0.2) is 60.7 Å². The third kappa shape index (κ3) is 9.30. The van der Waals surface area contributed by atoms with Gasteiger partial charge in [0, 0.05) is 18.0 Å². The fourth-order valence-corrected chi connectivity index (χ4v) is 12.0. The van der Waals surface area contributed by atoms with E-state index < -0.39 is 26.0 Å². The number of carbonyl (C=O) groups is 2. The second-order valence-electron chi connectivity index (χ2n) is 14.0. The molecule has 1 amide bonds. The van der Waals surface area contributed by atoms with Gasteiger partial charge in [-0.15, -0.1) is 21.5 Å². The molecule has 50 heavy (non-hydrogen) atoms. The number of amides is 1. The van der Waals surface area contributed by atoms with Gasteiger partial charge in [0.15, 0.2) is 21.1 Å². The van der Waals surface area contributed by atoms with Gasteiger partial charge in [0.25, 0.3) is 8.32 Å². The van der Waals surface area contributed by atoms with Gasteiger partial charge < -0.3 is 13.9 Å². The van der Waals surface area contributed by atoms with Gasteiger partial charge in [-0.25, -0.2) is 14.6 Å². The van der Waals surface area contributed by atoms with Crippen LogP contribution in [-0.2, 0) is 26.7 Å². The Kier molecular flexibility index (Phi) is 13.2. The van der Waals surface area contributed by atoms with Crippen LogP contribution in [0.3, 0.4) is 0 Å². The number of benzene rings is 2. The Labute approximate surface area is 310 Å². The summed E-state index contributed by atoms with van der Waals surface area (Å²) < 4.78 is 18.0. The van der Waals surface area contributed by atoms with Crippen LogP contribution >= 0.6 is 34.5 Å². The summed E-state index contributed by atoms with van der Waals surface area (Å²) in [7, 11) is -1.41. The smallest absolute Gasteiger partial charge is 0.416 e. The summed E-state index contributed by atoms with van der Waals surface area (Å²) in [5, 5.41) is 10.9. The van der Waals surface area contributed by atoms with Gasteiger partial charge in [0.05, 0.1) is 7.11 Å². The first-order valence-electron chi connectivity index (χ1n) is 16.6. The van der Waals surface area contributed by atoms with Gasteiger partial charge in [-0.1, -0.05) is 105 Å². The number of aromatic nitrogens is 3. The SMILES string of the molecule is COC(=O)c1nc(N(CCCc2c(Cl)nnc(Cl)c2C)C(=O)OC(C)(C)C)sc1CCCO[Si](c1ccccc1)(c1ccccc1)C(C)(C)C. The van der Waals surface area contributed by atoms with Crippen molar-refractivity contribution in [2.45, 2.75) is 84.8 Å². The number of rotatable bonds is 13. The molecule has 2 aromatic heterocycles. The first-order valence-corrected chi connectivity index (χ1v) is 20.1. The quantitative estimate of drug-likeness (QED) is 0.0764. The molecule has 0 N–H and O–H groups in total. The first-order chi connectivity index (χ1) is 23.6. The number of thiazole rings is 1. The zero-order valence-electron chi connectivity index (χ0n) is 30.0. The largest absolute Gasteiger partial charge is 0.464 e. The summed E-state index contributed by atoms with van der Waals surface area (Å²) in [6, 6.07) is 20.9. The minimum Gasteiger partial charge on any atom is -0.464 e. The van der Waals surface area contributed by atoms with Crippen LogP contribution < -0.4 is 15.3 Å². The number of halogens is 2. The highest BCUT2D eigenvalue weighted by Gasteiger charge is 2.50. The Morgan fingerprint density at radius 2 is 1.44 bits per heavy atom. The van der Waals surface area contributed by atoms with Gasteiger partial charge in [-0.2, -0.15) is 0 Å². The Balaban J connectivity index is 1.60. The van der Waals surface area contributed by atoms with Crippen LogP contribution in [0.5, 0.6) is 0 Å². The topological polar surface area (TPSA) is 104 Å². The third-order valence-electron chi connectivity index (χ3n) is 8.24. The summed E-state index contributed by atoms with van der Waals surface area (Å²) in [5.74, 6) is -0.570. The van der Waals surface area contributed by atoms with Crippen molar-refractivity contribution in [3.8, 4) is 0 Å². The molecule has 0 aliphatic carbocycles. The van der Waals surface area contributed by atoms with Gasteiger partial charge in [0.2, 0.25) is 0 Å². The fourth-order valence-electron chi connectivity index (χ4n) is 5.89. The van der Waals surface area contributed by atoms with Crippen LogP contribution in [0.2, 0.25) is 15.3 Å². The summed E-state index contributed by atoms with van der Waals surface area (Å²) in [4.78, 5) is 33.3. The number of hydrogen-bond donors (Lipinski definition) is 0. The van der Waals surface area contributed by atoms with Gasteiger partial charge in [-0.3, -0.25) is 4.90 Å². The van der Waals surface area contributed by atoms with E-state index in [1.54, 1.807) is 20.8 Å².